The lowest BCUT2D eigenvalue weighted by molar-refractivity contribution is 0.589. The summed E-state index contributed by atoms with van der Waals surface area (Å²) in [4.78, 5) is 2.26. The highest BCUT2D eigenvalue weighted by molar-refractivity contribution is 7.90. The largest absolute Gasteiger partial charge is 0.377 e. The first-order valence-electron chi connectivity index (χ1n) is 6.60. The minimum absolute atomic E-state index is 0.290. The highest BCUT2D eigenvalue weighted by Gasteiger charge is 2.19. The number of benzene rings is 2. The second-order valence-corrected chi connectivity index (χ2v) is 6.85. The van der Waals surface area contributed by atoms with E-state index in [1.807, 2.05) is 43.3 Å². The second-order valence-electron chi connectivity index (χ2n) is 5.03. The van der Waals surface area contributed by atoms with Crippen molar-refractivity contribution < 1.29 is 8.42 Å². The lowest BCUT2D eigenvalue weighted by Crippen LogP contribution is -2.12. The van der Waals surface area contributed by atoms with Crippen LogP contribution in [0.15, 0.2) is 65.7 Å². The SMILES string of the molecule is CN(C)c1cccc2c1ccn2S(=O)(=O)c1ccccc1. The monoisotopic (exact) mass is 300 g/mol. The Morgan fingerprint density at radius 2 is 1.62 bits per heavy atom. The van der Waals surface area contributed by atoms with Crippen LogP contribution in [0.2, 0.25) is 0 Å². The normalized spacial score (nSPS) is 11.7. The number of fused-ring (bicyclic) bond motifs is 1. The van der Waals surface area contributed by atoms with E-state index in [2.05, 4.69) is 0 Å². The van der Waals surface area contributed by atoms with Gasteiger partial charge in [-0.1, -0.05) is 24.3 Å². The molecule has 1 heterocycles. The van der Waals surface area contributed by atoms with Crippen LogP contribution in [0.1, 0.15) is 0 Å². The molecule has 4 nitrogen and oxygen atoms in total. The molecule has 1 aromatic heterocycles. The summed E-state index contributed by atoms with van der Waals surface area (Å²) in [5.74, 6) is 0. The summed E-state index contributed by atoms with van der Waals surface area (Å²) in [5.41, 5.74) is 1.68. The number of anilines is 1. The molecule has 0 bridgehead atoms. The highest BCUT2D eigenvalue weighted by Crippen LogP contribution is 2.28. The zero-order valence-electron chi connectivity index (χ0n) is 11.9. The van der Waals surface area contributed by atoms with Gasteiger partial charge in [-0.3, -0.25) is 0 Å². The van der Waals surface area contributed by atoms with E-state index in [-0.39, 0.29) is 4.90 Å². The molecule has 5 heteroatoms. The van der Waals surface area contributed by atoms with Crippen molar-refractivity contribution in [2.45, 2.75) is 4.90 Å². The Balaban J connectivity index is 2.25. The average molecular weight is 300 g/mol. The molecule has 0 amide bonds. The van der Waals surface area contributed by atoms with Crippen LogP contribution in [-0.4, -0.2) is 26.5 Å². The standard InChI is InChI=1S/C16H16N2O2S/c1-17(2)15-9-6-10-16-14(15)11-12-18(16)21(19,20)13-7-4-3-5-8-13/h3-12H,1-2H3. The molecule has 2 aromatic carbocycles. The molecule has 21 heavy (non-hydrogen) atoms. The van der Waals surface area contributed by atoms with Crippen LogP contribution >= 0.6 is 0 Å². The van der Waals surface area contributed by atoms with Crippen molar-refractivity contribution in [1.82, 2.24) is 3.97 Å². The maximum atomic E-state index is 12.7. The third kappa shape index (κ3) is 2.19. The molecular formula is C16H16N2O2S. The summed E-state index contributed by atoms with van der Waals surface area (Å²) in [6, 6.07) is 16.0. The zero-order valence-corrected chi connectivity index (χ0v) is 12.7. The van der Waals surface area contributed by atoms with Gasteiger partial charge in [-0.25, -0.2) is 12.4 Å². The Hall–Kier alpha value is -2.27. The molecule has 0 atom stereocenters. The summed E-state index contributed by atoms with van der Waals surface area (Å²) in [6.45, 7) is 0. The van der Waals surface area contributed by atoms with E-state index in [1.165, 1.54) is 3.97 Å². The summed E-state index contributed by atoms with van der Waals surface area (Å²) in [7, 11) is 0.318. The Morgan fingerprint density at radius 1 is 0.905 bits per heavy atom. The lowest BCUT2D eigenvalue weighted by atomic mass is 10.2. The van der Waals surface area contributed by atoms with Gasteiger partial charge in [0.1, 0.15) is 0 Å². The predicted octanol–water partition coefficient (Wildman–Crippen LogP) is 2.94. The highest BCUT2D eigenvalue weighted by atomic mass is 32.2. The molecule has 0 aliphatic rings. The third-order valence-corrected chi connectivity index (χ3v) is 5.16. The van der Waals surface area contributed by atoms with Crippen LogP contribution in [0.25, 0.3) is 10.9 Å². The van der Waals surface area contributed by atoms with Gasteiger partial charge in [0.15, 0.2) is 0 Å². The van der Waals surface area contributed by atoms with E-state index in [0.717, 1.165) is 11.1 Å². The Labute approximate surface area is 124 Å². The van der Waals surface area contributed by atoms with E-state index in [9.17, 15) is 8.42 Å². The first-order valence-corrected chi connectivity index (χ1v) is 8.04. The molecule has 0 saturated carbocycles. The van der Waals surface area contributed by atoms with Crippen molar-refractivity contribution in [3.63, 3.8) is 0 Å². The minimum Gasteiger partial charge on any atom is -0.377 e. The van der Waals surface area contributed by atoms with E-state index >= 15 is 0 Å². The Bertz CT molecular complexity index is 881. The van der Waals surface area contributed by atoms with Gasteiger partial charge in [-0.15, -0.1) is 0 Å². The van der Waals surface area contributed by atoms with E-state index in [0.29, 0.717) is 5.52 Å². The summed E-state index contributed by atoms with van der Waals surface area (Å²) in [5, 5.41) is 0.919. The number of hydrogen-bond donors (Lipinski definition) is 0. The Morgan fingerprint density at radius 3 is 2.29 bits per heavy atom. The summed E-state index contributed by atoms with van der Waals surface area (Å²) in [6.07, 6.45) is 1.61. The molecule has 108 valence electrons. The minimum atomic E-state index is -3.57. The van der Waals surface area contributed by atoms with Crippen LogP contribution in [0.3, 0.4) is 0 Å². The quantitative estimate of drug-likeness (QED) is 0.747. The van der Waals surface area contributed by atoms with Crippen LogP contribution in [0, 0.1) is 0 Å². The number of nitrogens with zero attached hydrogens (tertiary/aromatic N) is 2. The molecular weight excluding hydrogens is 284 g/mol. The molecule has 0 spiro atoms. The molecule has 3 aromatic rings. The van der Waals surface area contributed by atoms with Crippen molar-refractivity contribution in [3.8, 4) is 0 Å². The number of rotatable bonds is 3. The second kappa shape index (κ2) is 4.93. The number of hydrogen-bond acceptors (Lipinski definition) is 3. The summed E-state index contributed by atoms with van der Waals surface area (Å²) >= 11 is 0. The maximum absolute atomic E-state index is 12.7. The van der Waals surface area contributed by atoms with Gasteiger partial charge in [0.05, 0.1) is 10.4 Å². The average Bonchev–Trinajstić information content (AvgIpc) is 2.92. The van der Waals surface area contributed by atoms with Gasteiger partial charge < -0.3 is 4.90 Å². The van der Waals surface area contributed by atoms with Gasteiger partial charge in [-0.05, 0) is 30.3 Å². The van der Waals surface area contributed by atoms with Crippen molar-refractivity contribution in [2.75, 3.05) is 19.0 Å². The predicted molar refractivity (Wildman–Crippen MR) is 85.3 cm³/mol. The topological polar surface area (TPSA) is 42.3 Å². The molecule has 0 N–H and O–H groups in total. The van der Waals surface area contributed by atoms with Gasteiger partial charge in [0.25, 0.3) is 10.0 Å². The molecule has 3 rings (SSSR count). The van der Waals surface area contributed by atoms with Crippen molar-refractivity contribution in [1.29, 1.82) is 0 Å². The van der Waals surface area contributed by atoms with Crippen LogP contribution in [0.5, 0.6) is 0 Å². The fourth-order valence-electron chi connectivity index (χ4n) is 2.43. The smallest absolute Gasteiger partial charge is 0.268 e. The van der Waals surface area contributed by atoms with Crippen molar-refractivity contribution >= 4 is 26.6 Å². The van der Waals surface area contributed by atoms with Gasteiger partial charge in [-0.2, -0.15) is 0 Å². The van der Waals surface area contributed by atoms with Gasteiger partial charge >= 0.3 is 0 Å². The van der Waals surface area contributed by atoms with E-state index < -0.39 is 10.0 Å². The first kappa shape index (κ1) is 13.7. The first-order chi connectivity index (χ1) is 10.0. The number of aromatic nitrogens is 1. The fraction of sp³-hybridized carbons (Fsp3) is 0.125. The molecule has 0 saturated heterocycles. The molecule has 0 aliphatic heterocycles. The summed E-state index contributed by atoms with van der Waals surface area (Å²) < 4.78 is 26.8. The van der Waals surface area contributed by atoms with Gasteiger partial charge in [0.2, 0.25) is 0 Å². The lowest BCUT2D eigenvalue weighted by Gasteiger charge is -2.14. The van der Waals surface area contributed by atoms with Gasteiger partial charge in [0, 0.05) is 31.4 Å². The molecule has 0 fully saturated rings. The zero-order chi connectivity index (χ0) is 15.0. The van der Waals surface area contributed by atoms with Crippen LogP contribution in [0.4, 0.5) is 5.69 Å². The van der Waals surface area contributed by atoms with Crippen molar-refractivity contribution in [2.24, 2.45) is 0 Å². The maximum Gasteiger partial charge on any atom is 0.268 e. The van der Waals surface area contributed by atoms with E-state index in [4.69, 9.17) is 0 Å². The fourth-order valence-corrected chi connectivity index (χ4v) is 3.80. The molecule has 0 radical (unpaired) electrons. The van der Waals surface area contributed by atoms with E-state index in [1.54, 1.807) is 36.5 Å². The molecule has 0 aliphatic carbocycles. The molecule has 0 unspecified atom stereocenters. The van der Waals surface area contributed by atoms with Crippen LogP contribution in [-0.2, 0) is 10.0 Å². The van der Waals surface area contributed by atoms with Crippen LogP contribution < -0.4 is 4.90 Å². The Kier molecular flexibility index (Phi) is 3.22. The third-order valence-electron chi connectivity index (χ3n) is 3.46. The van der Waals surface area contributed by atoms with Crippen molar-refractivity contribution in [3.05, 3.63) is 60.8 Å².